The van der Waals surface area contributed by atoms with E-state index >= 15 is 0 Å². The van der Waals surface area contributed by atoms with E-state index in [1.54, 1.807) is 4.90 Å². The third kappa shape index (κ3) is 6.21. The number of aliphatic hydroxyl groups excluding tert-OH is 1. The highest BCUT2D eigenvalue weighted by Gasteiger charge is 2.25. The maximum atomic E-state index is 12.5. The quantitative estimate of drug-likeness (QED) is 0.690. The maximum Gasteiger partial charge on any atom is 0.317 e. The zero-order valence-electron chi connectivity index (χ0n) is 17.6. The summed E-state index contributed by atoms with van der Waals surface area (Å²) >= 11 is 0. The Kier molecular flexibility index (Phi) is 8.11. The van der Waals surface area contributed by atoms with Gasteiger partial charge in [-0.1, -0.05) is 43.5 Å². The van der Waals surface area contributed by atoms with Crippen LogP contribution in [0.25, 0.3) is 0 Å². The minimum Gasteiger partial charge on any atom is -0.490 e. The first-order valence-electron chi connectivity index (χ1n) is 10.7. The summed E-state index contributed by atoms with van der Waals surface area (Å²) in [7, 11) is 0. The van der Waals surface area contributed by atoms with Crippen molar-refractivity contribution in [2.45, 2.75) is 31.5 Å². The fraction of sp³-hybridized carbons (Fsp3) is 0.458. The third-order valence-corrected chi connectivity index (χ3v) is 5.73. The number of benzene rings is 1. The van der Waals surface area contributed by atoms with Gasteiger partial charge in [0.1, 0.15) is 11.9 Å². The Bertz CT molecular complexity index is 754. The van der Waals surface area contributed by atoms with Crippen LogP contribution in [0.1, 0.15) is 19.3 Å². The molecule has 30 heavy (non-hydrogen) atoms. The predicted molar refractivity (Wildman–Crippen MR) is 120 cm³/mol. The lowest BCUT2D eigenvalue weighted by atomic mass is 10.00. The fourth-order valence-corrected chi connectivity index (χ4v) is 3.99. The highest BCUT2D eigenvalue weighted by molar-refractivity contribution is 5.74. The Morgan fingerprint density at radius 2 is 1.87 bits per heavy atom. The Labute approximate surface area is 179 Å². The van der Waals surface area contributed by atoms with Gasteiger partial charge in [0.2, 0.25) is 0 Å². The van der Waals surface area contributed by atoms with E-state index in [9.17, 15) is 9.90 Å². The predicted octanol–water partition coefficient (Wildman–Crippen LogP) is 2.97. The highest BCUT2D eigenvalue weighted by atomic mass is 16.5. The molecule has 1 unspecified atom stereocenters. The fourth-order valence-electron chi connectivity index (χ4n) is 3.99. The SMILES string of the molecule is C=CC1=C(C=C)CN(CC(O)CNC(=O)N2CCC(Oc3ccccc3)CC2)CC1. The Balaban J connectivity index is 1.36. The van der Waals surface area contributed by atoms with Crippen LogP contribution in [-0.4, -0.2) is 72.4 Å². The van der Waals surface area contributed by atoms with Crippen LogP contribution in [0.4, 0.5) is 4.79 Å². The van der Waals surface area contributed by atoms with Gasteiger partial charge in [-0.15, -0.1) is 0 Å². The summed E-state index contributed by atoms with van der Waals surface area (Å²) in [5.74, 6) is 0.871. The third-order valence-electron chi connectivity index (χ3n) is 5.73. The van der Waals surface area contributed by atoms with Crippen molar-refractivity contribution in [1.82, 2.24) is 15.1 Å². The van der Waals surface area contributed by atoms with Gasteiger partial charge in [0.25, 0.3) is 0 Å². The van der Waals surface area contributed by atoms with Crippen LogP contribution in [0.15, 0.2) is 66.8 Å². The number of carbonyl (C=O) groups excluding carboxylic acids is 1. The molecule has 0 saturated carbocycles. The molecule has 162 valence electrons. The van der Waals surface area contributed by atoms with Crippen LogP contribution >= 0.6 is 0 Å². The first-order chi connectivity index (χ1) is 14.6. The largest absolute Gasteiger partial charge is 0.490 e. The van der Waals surface area contributed by atoms with E-state index in [1.807, 2.05) is 42.5 Å². The molecular formula is C24H33N3O3. The number of piperidine rings is 1. The summed E-state index contributed by atoms with van der Waals surface area (Å²) in [6, 6.07) is 9.67. The van der Waals surface area contributed by atoms with Crippen LogP contribution in [0.3, 0.4) is 0 Å². The minimum atomic E-state index is -0.607. The molecule has 0 radical (unpaired) electrons. The number of β-amino-alcohol motifs (C(OH)–C–C–N with tert-alkyl or cyclic N) is 1. The highest BCUT2D eigenvalue weighted by Crippen LogP contribution is 2.20. The number of allylic oxidation sites excluding steroid dienone is 1. The number of urea groups is 1. The molecule has 1 aromatic carbocycles. The Hall–Kier alpha value is -2.57. The molecule has 0 bridgehead atoms. The summed E-state index contributed by atoms with van der Waals surface area (Å²) in [5, 5.41) is 13.3. The number of likely N-dealkylation sites (tertiary alicyclic amines) is 1. The molecule has 2 aliphatic heterocycles. The normalized spacial score (nSPS) is 19.3. The van der Waals surface area contributed by atoms with Crippen molar-refractivity contribution in [2.75, 3.05) is 39.3 Å². The van der Waals surface area contributed by atoms with Crippen LogP contribution in [-0.2, 0) is 0 Å². The lowest BCUT2D eigenvalue weighted by Gasteiger charge is -2.33. The van der Waals surface area contributed by atoms with Crippen molar-refractivity contribution >= 4 is 6.03 Å². The summed E-state index contributed by atoms with van der Waals surface area (Å²) in [6.45, 7) is 11.4. The van der Waals surface area contributed by atoms with Gasteiger partial charge in [0.05, 0.1) is 6.10 Å². The number of ether oxygens (including phenoxy) is 1. The number of carbonyl (C=O) groups is 1. The van der Waals surface area contributed by atoms with E-state index in [2.05, 4.69) is 23.4 Å². The molecular weight excluding hydrogens is 378 g/mol. The summed E-state index contributed by atoms with van der Waals surface area (Å²) in [6.07, 6.45) is 5.80. The van der Waals surface area contributed by atoms with E-state index in [4.69, 9.17) is 4.74 Å². The van der Waals surface area contributed by atoms with Gasteiger partial charge in [-0.25, -0.2) is 4.79 Å². The second kappa shape index (κ2) is 11.0. The zero-order chi connectivity index (χ0) is 21.3. The lowest BCUT2D eigenvalue weighted by Crippen LogP contribution is -2.49. The lowest BCUT2D eigenvalue weighted by molar-refractivity contribution is 0.0995. The number of hydrogen-bond donors (Lipinski definition) is 2. The van der Waals surface area contributed by atoms with Gasteiger partial charge < -0.3 is 20.1 Å². The van der Waals surface area contributed by atoms with Gasteiger partial charge in [-0.2, -0.15) is 0 Å². The molecule has 2 amide bonds. The van der Waals surface area contributed by atoms with Gasteiger partial charge in [0.15, 0.2) is 0 Å². The second-order valence-corrected chi connectivity index (χ2v) is 7.90. The molecule has 2 aliphatic rings. The van der Waals surface area contributed by atoms with Gasteiger partial charge in [-0.3, -0.25) is 4.90 Å². The Morgan fingerprint density at radius 1 is 1.17 bits per heavy atom. The summed E-state index contributed by atoms with van der Waals surface area (Å²) in [4.78, 5) is 16.4. The topological polar surface area (TPSA) is 65.0 Å². The zero-order valence-corrected chi connectivity index (χ0v) is 17.6. The molecule has 2 N–H and O–H groups in total. The van der Waals surface area contributed by atoms with Crippen LogP contribution in [0.5, 0.6) is 5.75 Å². The first kappa shape index (κ1) is 22.1. The number of para-hydroxylation sites is 1. The van der Waals surface area contributed by atoms with Crippen molar-refractivity contribution in [3.63, 3.8) is 0 Å². The first-order valence-corrected chi connectivity index (χ1v) is 10.7. The minimum absolute atomic E-state index is 0.119. The number of rotatable bonds is 8. The molecule has 0 spiro atoms. The molecule has 3 rings (SSSR count). The number of nitrogens with zero attached hydrogens (tertiary/aromatic N) is 2. The van der Waals surface area contributed by atoms with Crippen LogP contribution < -0.4 is 10.1 Å². The molecule has 1 fully saturated rings. The standard InChI is InChI=1S/C24H33N3O3/c1-3-19-10-13-26(17-20(19)4-2)18-21(28)16-25-24(29)27-14-11-23(12-15-27)30-22-8-6-5-7-9-22/h3-9,21,23,28H,1-2,10-18H2,(H,25,29). The second-order valence-electron chi connectivity index (χ2n) is 7.90. The van der Waals surface area contributed by atoms with Crippen molar-refractivity contribution in [3.8, 4) is 5.75 Å². The van der Waals surface area contributed by atoms with Gasteiger partial charge >= 0.3 is 6.03 Å². The summed E-state index contributed by atoms with van der Waals surface area (Å²) in [5.41, 5.74) is 2.39. The number of aliphatic hydroxyl groups is 1. The molecule has 1 aromatic rings. The maximum absolute atomic E-state index is 12.5. The van der Waals surface area contributed by atoms with Crippen molar-refractivity contribution in [3.05, 3.63) is 66.8 Å². The monoisotopic (exact) mass is 411 g/mol. The Morgan fingerprint density at radius 3 is 2.53 bits per heavy atom. The van der Waals surface area contributed by atoms with E-state index in [0.717, 1.165) is 43.7 Å². The number of hydrogen-bond acceptors (Lipinski definition) is 4. The average Bonchev–Trinajstić information content (AvgIpc) is 2.78. The molecule has 1 saturated heterocycles. The molecule has 0 aliphatic carbocycles. The van der Waals surface area contributed by atoms with Crippen LogP contribution in [0.2, 0.25) is 0 Å². The van der Waals surface area contributed by atoms with Crippen molar-refractivity contribution in [2.24, 2.45) is 0 Å². The van der Waals surface area contributed by atoms with Crippen LogP contribution in [0, 0.1) is 0 Å². The molecule has 6 heteroatoms. The average molecular weight is 412 g/mol. The molecule has 2 heterocycles. The number of amides is 2. The molecule has 0 aromatic heterocycles. The smallest absolute Gasteiger partial charge is 0.317 e. The molecule has 6 nitrogen and oxygen atoms in total. The number of nitrogens with one attached hydrogen (secondary N) is 1. The van der Waals surface area contributed by atoms with E-state index in [1.165, 1.54) is 5.57 Å². The van der Waals surface area contributed by atoms with Crippen molar-refractivity contribution < 1.29 is 14.6 Å². The van der Waals surface area contributed by atoms with Gasteiger partial charge in [-0.05, 0) is 29.7 Å². The van der Waals surface area contributed by atoms with E-state index in [0.29, 0.717) is 19.6 Å². The van der Waals surface area contributed by atoms with Crippen molar-refractivity contribution in [1.29, 1.82) is 0 Å². The summed E-state index contributed by atoms with van der Waals surface area (Å²) < 4.78 is 5.98. The molecule has 1 atom stereocenters. The van der Waals surface area contributed by atoms with E-state index < -0.39 is 6.10 Å². The van der Waals surface area contributed by atoms with Gasteiger partial charge in [0, 0.05) is 52.1 Å². The van der Waals surface area contributed by atoms with E-state index in [-0.39, 0.29) is 18.7 Å².